The first-order valence-electron chi connectivity index (χ1n) is 16.3. The van der Waals surface area contributed by atoms with Gasteiger partial charge in [-0.1, -0.05) is 54.2 Å². The molecule has 1 fully saturated rings. The first kappa shape index (κ1) is 38.1. The molecule has 16 nitrogen and oxygen atoms in total. The molecular formula is C34H38N6O10S2. The van der Waals surface area contributed by atoms with Crippen molar-refractivity contribution in [2.75, 3.05) is 26.1 Å². The number of thioether (sulfide) groups is 1. The lowest BCUT2D eigenvalue weighted by atomic mass is 9.95. The molecule has 3 heterocycles. The Morgan fingerprint density at radius 3 is 2.23 bits per heavy atom. The van der Waals surface area contributed by atoms with Gasteiger partial charge in [-0.05, 0) is 59.5 Å². The van der Waals surface area contributed by atoms with Crippen LogP contribution >= 0.6 is 11.8 Å². The van der Waals surface area contributed by atoms with Crippen LogP contribution in [-0.2, 0) is 69.1 Å². The van der Waals surface area contributed by atoms with Crippen molar-refractivity contribution < 1.29 is 47.1 Å². The summed E-state index contributed by atoms with van der Waals surface area (Å²) in [6.07, 6.45) is -0.447. The van der Waals surface area contributed by atoms with Crippen molar-refractivity contribution in [1.82, 2.24) is 30.4 Å². The molecule has 0 radical (unpaired) electrons. The van der Waals surface area contributed by atoms with Gasteiger partial charge in [0.15, 0.2) is 5.92 Å². The second kappa shape index (κ2) is 17.4. The molecule has 0 spiro atoms. The molecule has 1 aromatic heterocycles. The monoisotopic (exact) mass is 754 g/mol. The van der Waals surface area contributed by atoms with Gasteiger partial charge >= 0.3 is 17.9 Å². The van der Waals surface area contributed by atoms with E-state index in [0.717, 1.165) is 16.7 Å². The Labute approximate surface area is 306 Å². The first-order chi connectivity index (χ1) is 25.1. The quantitative estimate of drug-likeness (QED) is 0.0725. The summed E-state index contributed by atoms with van der Waals surface area (Å²) in [5.41, 5.74) is 1.26. The zero-order valence-corrected chi connectivity index (χ0v) is 30.5. The molecule has 5 rings (SSSR count). The molecule has 52 heavy (non-hydrogen) atoms. The highest BCUT2D eigenvalue weighted by atomic mass is 32.2. The van der Waals surface area contributed by atoms with Crippen molar-refractivity contribution in [2.45, 2.75) is 55.1 Å². The van der Waals surface area contributed by atoms with Crippen molar-refractivity contribution in [3.8, 4) is 5.75 Å². The third kappa shape index (κ3) is 8.50. The van der Waals surface area contributed by atoms with E-state index in [4.69, 9.17) is 18.9 Å². The van der Waals surface area contributed by atoms with Gasteiger partial charge in [-0.15, -0.1) is 5.10 Å². The second-order valence-corrected chi connectivity index (χ2v) is 14.2. The largest absolute Gasteiger partial charge is 0.497 e. The zero-order valence-electron chi connectivity index (χ0n) is 28.9. The number of carbonyl (C=O) groups excluding carboxylic acids is 5. The van der Waals surface area contributed by atoms with Gasteiger partial charge in [0.25, 0.3) is 5.91 Å². The summed E-state index contributed by atoms with van der Waals surface area (Å²) in [6, 6.07) is 14.4. The van der Waals surface area contributed by atoms with E-state index in [9.17, 15) is 28.2 Å². The van der Waals surface area contributed by atoms with Crippen molar-refractivity contribution >= 4 is 52.3 Å². The van der Waals surface area contributed by atoms with E-state index in [0.29, 0.717) is 22.0 Å². The maximum absolute atomic E-state index is 14.6. The minimum absolute atomic E-state index is 0.0381. The predicted molar refractivity (Wildman–Crippen MR) is 185 cm³/mol. The van der Waals surface area contributed by atoms with Crippen molar-refractivity contribution in [3.05, 3.63) is 77.0 Å². The van der Waals surface area contributed by atoms with E-state index >= 15 is 0 Å². The summed E-state index contributed by atoms with van der Waals surface area (Å²) in [5.74, 6) is -4.90. The Morgan fingerprint density at radius 1 is 0.962 bits per heavy atom. The standard InChI is InChI=1S/C34H38N6O10S2/c1-5-48-31(43)23(32(44)49-6-2)17-25-24(19-51-34-36-37-38-39(34)3)28(33(45)50-18-21-12-14-22(47-4)15-13-21)40-29(42)27(30(40)52(25)46)35-26(41)16-20-10-8-7-9-11-20/h7-15,23,25,27,30H,5-6,16-19H2,1-4H3,(H,35,41). The molecule has 4 atom stereocenters. The molecule has 0 aliphatic carbocycles. The van der Waals surface area contributed by atoms with Gasteiger partial charge in [0.2, 0.25) is 11.1 Å². The summed E-state index contributed by atoms with van der Waals surface area (Å²) in [5, 5.41) is 12.1. The number of hydrogen-bond acceptors (Lipinski definition) is 14. The number of hydrogen-bond donors (Lipinski definition) is 1. The molecule has 1 N–H and O–H groups in total. The number of methoxy groups -OCH3 is 1. The lowest BCUT2D eigenvalue weighted by Crippen LogP contribution is -2.74. The molecule has 18 heteroatoms. The van der Waals surface area contributed by atoms with Crippen LogP contribution < -0.4 is 10.1 Å². The minimum Gasteiger partial charge on any atom is -0.497 e. The van der Waals surface area contributed by atoms with E-state index in [1.54, 1.807) is 75.5 Å². The Hall–Kier alpha value is -5.10. The first-order valence-corrected chi connectivity index (χ1v) is 18.6. The fourth-order valence-corrected chi connectivity index (χ4v) is 8.84. The van der Waals surface area contributed by atoms with Crippen LogP contribution in [-0.4, -0.2) is 102 Å². The number of rotatable bonds is 16. The molecule has 0 bridgehead atoms. The van der Waals surface area contributed by atoms with Crippen LogP contribution in [0.2, 0.25) is 0 Å². The van der Waals surface area contributed by atoms with Crippen LogP contribution in [0, 0.1) is 5.92 Å². The van der Waals surface area contributed by atoms with Gasteiger partial charge in [0, 0.05) is 12.8 Å². The van der Waals surface area contributed by atoms with Gasteiger partial charge in [0.05, 0.1) is 42.8 Å². The molecule has 1 saturated heterocycles. The number of nitrogens with zero attached hydrogens (tertiary/aromatic N) is 5. The zero-order chi connectivity index (χ0) is 37.4. The molecule has 276 valence electrons. The van der Waals surface area contributed by atoms with Crippen molar-refractivity contribution in [1.29, 1.82) is 0 Å². The number of nitrogens with one attached hydrogen (secondary N) is 1. The Balaban J connectivity index is 1.55. The molecule has 2 aliphatic heterocycles. The van der Waals surface area contributed by atoms with Crippen LogP contribution in [0.5, 0.6) is 5.75 Å². The van der Waals surface area contributed by atoms with E-state index in [1.165, 1.54) is 11.8 Å². The number of fused-ring (bicyclic) bond motifs is 1. The SMILES string of the molecule is CCOC(=O)C(CC1C(CSc2nnnn2C)=C(C(=O)OCc2ccc(OC)cc2)N2C(=O)C(NC(=O)Cc3ccccc3)C2S1=O)C(=O)OCC. The molecule has 0 saturated carbocycles. The fraction of sp³-hybridized carbons (Fsp3) is 0.412. The summed E-state index contributed by atoms with van der Waals surface area (Å²) >= 11 is 1.08. The van der Waals surface area contributed by atoms with Crippen LogP contribution in [0.15, 0.2) is 71.0 Å². The van der Waals surface area contributed by atoms with E-state index in [1.807, 2.05) is 0 Å². The van der Waals surface area contributed by atoms with Crippen LogP contribution in [0.25, 0.3) is 0 Å². The molecule has 4 unspecified atom stereocenters. The number of ether oxygens (including phenoxy) is 4. The maximum atomic E-state index is 14.6. The Morgan fingerprint density at radius 2 is 1.63 bits per heavy atom. The average molecular weight is 755 g/mol. The van der Waals surface area contributed by atoms with E-state index in [2.05, 4.69) is 20.8 Å². The average Bonchev–Trinajstić information content (AvgIpc) is 3.56. The minimum atomic E-state index is -2.08. The van der Waals surface area contributed by atoms with Crippen molar-refractivity contribution in [2.24, 2.45) is 13.0 Å². The highest BCUT2D eigenvalue weighted by Gasteiger charge is 2.60. The number of benzene rings is 2. The second-order valence-electron chi connectivity index (χ2n) is 11.6. The molecule has 2 aliphatic rings. The molecule has 2 amide bonds. The number of aryl methyl sites for hydroxylation is 1. The summed E-state index contributed by atoms with van der Waals surface area (Å²) < 4.78 is 37.3. The van der Waals surface area contributed by atoms with Crippen molar-refractivity contribution in [3.63, 3.8) is 0 Å². The highest BCUT2D eigenvalue weighted by Crippen LogP contribution is 2.42. The maximum Gasteiger partial charge on any atom is 0.355 e. The molecular weight excluding hydrogens is 717 g/mol. The van der Waals surface area contributed by atoms with Crippen LogP contribution in [0.4, 0.5) is 0 Å². The number of tetrazole rings is 1. The fourth-order valence-electron chi connectivity index (χ4n) is 5.74. The highest BCUT2D eigenvalue weighted by molar-refractivity contribution is 7.99. The lowest BCUT2D eigenvalue weighted by molar-refractivity contribution is -0.162. The Kier molecular flexibility index (Phi) is 12.8. The number of esters is 3. The number of β-lactam (4-membered cyclic amide) rings is 1. The third-order valence-electron chi connectivity index (χ3n) is 8.27. The van der Waals surface area contributed by atoms with Gasteiger partial charge in [-0.25, -0.2) is 9.48 Å². The third-order valence-corrected chi connectivity index (χ3v) is 11.3. The summed E-state index contributed by atoms with van der Waals surface area (Å²) in [4.78, 5) is 68.5. The summed E-state index contributed by atoms with van der Waals surface area (Å²) in [7, 11) is 1.04. The molecule has 3 aromatic rings. The summed E-state index contributed by atoms with van der Waals surface area (Å²) in [6.45, 7) is 2.89. The van der Waals surface area contributed by atoms with Crippen LogP contribution in [0.1, 0.15) is 31.4 Å². The van der Waals surface area contributed by atoms with Gasteiger partial charge in [0.1, 0.15) is 29.5 Å². The van der Waals surface area contributed by atoms with E-state index < -0.39 is 69.5 Å². The Bertz CT molecular complexity index is 1830. The van der Waals surface area contributed by atoms with E-state index in [-0.39, 0.29) is 43.3 Å². The number of carbonyl (C=O) groups is 5. The van der Waals surface area contributed by atoms with Gasteiger partial charge < -0.3 is 24.3 Å². The molecule has 2 aromatic carbocycles. The lowest BCUT2D eigenvalue weighted by Gasteiger charge is -2.51. The normalized spacial score (nSPS) is 19.4. The predicted octanol–water partition coefficient (Wildman–Crippen LogP) is 1.47. The van der Waals surface area contributed by atoms with Crippen LogP contribution in [0.3, 0.4) is 0 Å². The smallest absolute Gasteiger partial charge is 0.355 e. The van der Waals surface area contributed by atoms with Gasteiger partial charge in [-0.3, -0.25) is 28.3 Å². The number of aromatic nitrogens is 4. The number of amides is 2. The topological polar surface area (TPSA) is 198 Å². The van der Waals surface area contributed by atoms with Gasteiger partial charge in [-0.2, -0.15) is 0 Å².